The first kappa shape index (κ1) is 14.5. The van der Waals surface area contributed by atoms with Crippen molar-refractivity contribution in [2.24, 2.45) is 0 Å². The Morgan fingerprint density at radius 3 is 2.23 bits per heavy atom. The Hall–Kier alpha value is -2.42. The van der Waals surface area contributed by atoms with Gasteiger partial charge in [0, 0.05) is 16.7 Å². The number of ketones is 2. The maximum Gasteiger partial charge on any atom is 0.198 e. The SMILES string of the molecule is CCCCCc1cccc2c1C(=O)c1cccc(O)c1C2=O. The van der Waals surface area contributed by atoms with Crippen LogP contribution in [0.5, 0.6) is 5.75 Å². The first-order chi connectivity index (χ1) is 10.6. The van der Waals surface area contributed by atoms with Gasteiger partial charge in [0.05, 0.1) is 5.56 Å². The molecule has 0 spiro atoms. The van der Waals surface area contributed by atoms with E-state index < -0.39 is 0 Å². The number of carbonyl (C=O) groups is 2. The van der Waals surface area contributed by atoms with E-state index in [0.29, 0.717) is 16.7 Å². The fraction of sp³-hybridized carbons (Fsp3) is 0.263. The second kappa shape index (κ2) is 5.76. The number of phenols is 1. The van der Waals surface area contributed by atoms with Gasteiger partial charge in [-0.25, -0.2) is 0 Å². The zero-order valence-corrected chi connectivity index (χ0v) is 12.6. The predicted molar refractivity (Wildman–Crippen MR) is 84.6 cm³/mol. The quantitative estimate of drug-likeness (QED) is 0.742. The molecule has 3 heteroatoms. The number of unbranched alkanes of at least 4 members (excludes halogenated alkanes) is 2. The number of carbonyl (C=O) groups excluding carboxylic acids is 2. The van der Waals surface area contributed by atoms with Gasteiger partial charge in [-0.05, 0) is 24.5 Å². The fourth-order valence-electron chi connectivity index (χ4n) is 3.07. The van der Waals surface area contributed by atoms with Crippen molar-refractivity contribution in [3.05, 3.63) is 64.2 Å². The van der Waals surface area contributed by atoms with Gasteiger partial charge in [0.2, 0.25) is 0 Å². The van der Waals surface area contributed by atoms with Crippen LogP contribution in [0, 0.1) is 0 Å². The van der Waals surface area contributed by atoms with Crippen molar-refractivity contribution in [2.75, 3.05) is 0 Å². The second-order valence-corrected chi connectivity index (χ2v) is 5.65. The Morgan fingerprint density at radius 1 is 0.864 bits per heavy atom. The molecular weight excluding hydrogens is 276 g/mol. The highest BCUT2D eigenvalue weighted by Crippen LogP contribution is 2.34. The Kier molecular flexibility index (Phi) is 3.80. The van der Waals surface area contributed by atoms with Crippen molar-refractivity contribution in [3.63, 3.8) is 0 Å². The number of phenolic OH excluding ortho intramolecular Hbond substituents is 1. The van der Waals surface area contributed by atoms with E-state index in [4.69, 9.17) is 0 Å². The summed E-state index contributed by atoms with van der Waals surface area (Å²) in [7, 11) is 0. The van der Waals surface area contributed by atoms with Crippen LogP contribution in [0.25, 0.3) is 0 Å². The van der Waals surface area contributed by atoms with Crippen LogP contribution >= 0.6 is 0 Å². The Balaban J connectivity index is 2.11. The lowest BCUT2D eigenvalue weighted by Crippen LogP contribution is -2.22. The zero-order valence-electron chi connectivity index (χ0n) is 12.6. The first-order valence-corrected chi connectivity index (χ1v) is 7.68. The minimum atomic E-state index is -0.264. The highest BCUT2D eigenvalue weighted by Gasteiger charge is 2.33. The topological polar surface area (TPSA) is 54.4 Å². The number of fused-ring (bicyclic) bond motifs is 2. The van der Waals surface area contributed by atoms with E-state index in [-0.39, 0.29) is 22.9 Å². The Labute approximate surface area is 129 Å². The molecule has 1 aliphatic rings. The number of rotatable bonds is 4. The van der Waals surface area contributed by atoms with E-state index in [0.717, 1.165) is 31.2 Å². The van der Waals surface area contributed by atoms with Gasteiger partial charge in [-0.3, -0.25) is 9.59 Å². The van der Waals surface area contributed by atoms with Crippen molar-refractivity contribution in [1.82, 2.24) is 0 Å². The minimum Gasteiger partial charge on any atom is -0.507 e. The standard InChI is InChI=1S/C19H18O3/c1-2-3-4-7-12-8-5-9-13-16(12)18(21)14-10-6-11-15(20)17(14)19(13)22/h5-6,8-11,20H,2-4,7H2,1H3. The molecule has 0 fully saturated rings. The van der Waals surface area contributed by atoms with Gasteiger partial charge >= 0.3 is 0 Å². The lowest BCUT2D eigenvalue weighted by Gasteiger charge is -2.20. The molecular formula is C19H18O3. The van der Waals surface area contributed by atoms with Crippen molar-refractivity contribution in [3.8, 4) is 5.75 Å². The van der Waals surface area contributed by atoms with Gasteiger partial charge < -0.3 is 5.11 Å². The first-order valence-electron chi connectivity index (χ1n) is 7.68. The number of aryl methyl sites for hydroxylation is 1. The summed E-state index contributed by atoms with van der Waals surface area (Å²) in [6, 6.07) is 10.1. The maximum atomic E-state index is 12.8. The molecule has 0 aromatic heterocycles. The smallest absolute Gasteiger partial charge is 0.198 e. The van der Waals surface area contributed by atoms with E-state index in [2.05, 4.69) is 6.92 Å². The van der Waals surface area contributed by atoms with Gasteiger partial charge in [-0.2, -0.15) is 0 Å². The van der Waals surface area contributed by atoms with Crippen molar-refractivity contribution in [1.29, 1.82) is 0 Å². The van der Waals surface area contributed by atoms with Gasteiger partial charge in [0.1, 0.15) is 5.75 Å². The van der Waals surface area contributed by atoms with Gasteiger partial charge in [0.15, 0.2) is 11.6 Å². The zero-order chi connectivity index (χ0) is 15.7. The second-order valence-electron chi connectivity index (χ2n) is 5.65. The van der Waals surface area contributed by atoms with Gasteiger partial charge in [0.25, 0.3) is 0 Å². The average molecular weight is 294 g/mol. The molecule has 2 aromatic rings. The molecule has 1 N–H and O–H groups in total. The van der Waals surface area contributed by atoms with E-state index in [1.54, 1.807) is 18.2 Å². The molecule has 1 aliphatic carbocycles. The Morgan fingerprint density at radius 2 is 1.50 bits per heavy atom. The molecule has 3 nitrogen and oxygen atoms in total. The van der Waals surface area contributed by atoms with Crippen LogP contribution in [0.15, 0.2) is 36.4 Å². The molecule has 0 atom stereocenters. The maximum absolute atomic E-state index is 12.8. The number of aromatic hydroxyl groups is 1. The summed E-state index contributed by atoms with van der Waals surface area (Å²) in [4.78, 5) is 25.4. The third-order valence-corrected chi connectivity index (χ3v) is 4.19. The lowest BCUT2D eigenvalue weighted by molar-refractivity contribution is 0.0976. The molecule has 0 radical (unpaired) electrons. The van der Waals surface area contributed by atoms with Crippen LogP contribution in [-0.4, -0.2) is 16.7 Å². The lowest BCUT2D eigenvalue weighted by atomic mass is 9.80. The molecule has 0 bridgehead atoms. The highest BCUT2D eigenvalue weighted by atomic mass is 16.3. The molecule has 0 unspecified atom stereocenters. The van der Waals surface area contributed by atoms with Crippen LogP contribution in [0.2, 0.25) is 0 Å². The predicted octanol–water partition coefficient (Wildman–Crippen LogP) is 3.90. The monoisotopic (exact) mass is 294 g/mol. The summed E-state index contributed by atoms with van der Waals surface area (Å²) in [6.45, 7) is 2.13. The summed E-state index contributed by atoms with van der Waals surface area (Å²) in [5.74, 6) is -0.550. The number of hydrogen-bond donors (Lipinski definition) is 1. The van der Waals surface area contributed by atoms with E-state index in [1.165, 1.54) is 6.07 Å². The summed E-state index contributed by atoms with van der Waals surface area (Å²) < 4.78 is 0. The summed E-state index contributed by atoms with van der Waals surface area (Å²) >= 11 is 0. The number of benzene rings is 2. The van der Waals surface area contributed by atoms with E-state index in [1.807, 2.05) is 12.1 Å². The summed E-state index contributed by atoms with van der Waals surface area (Å²) in [5, 5.41) is 9.94. The third kappa shape index (κ3) is 2.23. The van der Waals surface area contributed by atoms with Crippen molar-refractivity contribution >= 4 is 11.6 Å². The Bertz CT molecular complexity index is 759. The van der Waals surface area contributed by atoms with Gasteiger partial charge in [-0.1, -0.05) is 50.1 Å². The van der Waals surface area contributed by atoms with Crippen LogP contribution in [0.3, 0.4) is 0 Å². The van der Waals surface area contributed by atoms with E-state index in [9.17, 15) is 14.7 Å². The summed E-state index contributed by atoms with van der Waals surface area (Å²) in [6.07, 6.45) is 4.01. The average Bonchev–Trinajstić information content (AvgIpc) is 2.52. The largest absolute Gasteiger partial charge is 0.507 e. The molecule has 0 amide bonds. The highest BCUT2D eigenvalue weighted by molar-refractivity contribution is 6.29. The fourth-order valence-corrected chi connectivity index (χ4v) is 3.07. The molecule has 0 heterocycles. The van der Waals surface area contributed by atoms with Crippen LogP contribution in [-0.2, 0) is 6.42 Å². The van der Waals surface area contributed by atoms with E-state index >= 15 is 0 Å². The molecule has 2 aromatic carbocycles. The minimum absolute atomic E-state index is 0.127. The van der Waals surface area contributed by atoms with Crippen molar-refractivity contribution in [2.45, 2.75) is 32.6 Å². The molecule has 0 saturated heterocycles. The van der Waals surface area contributed by atoms with Crippen LogP contribution < -0.4 is 0 Å². The normalized spacial score (nSPS) is 13.0. The molecule has 0 saturated carbocycles. The third-order valence-electron chi connectivity index (χ3n) is 4.19. The molecule has 0 aliphatic heterocycles. The van der Waals surface area contributed by atoms with Crippen molar-refractivity contribution < 1.29 is 14.7 Å². The molecule has 22 heavy (non-hydrogen) atoms. The van der Waals surface area contributed by atoms with Crippen LogP contribution in [0.4, 0.5) is 0 Å². The van der Waals surface area contributed by atoms with Gasteiger partial charge in [-0.15, -0.1) is 0 Å². The number of hydrogen-bond acceptors (Lipinski definition) is 3. The van der Waals surface area contributed by atoms with Crippen LogP contribution in [0.1, 0.15) is 63.6 Å². The molecule has 112 valence electrons. The summed E-state index contributed by atoms with van der Waals surface area (Å²) in [5.41, 5.74) is 2.29. The molecule has 3 rings (SSSR count).